The van der Waals surface area contributed by atoms with E-state index in [1.807, 2.05) is 23.1 Å². The normalized spacial score (nSPS) is 17.0. The van der Waals surface area contributed by atoms with Gasteiger partial charge in [-0.2, -0.15) is 5.10 Å². The van der Waals surface area contributed by atoms with Crippen LogP contribution in [0, 0.1) is 5.92 Å². The van der Waals surface area contributed by atoms with E-state index >= 15 is 0 Å². The number of fused-ring (bicyclic) bond motifs is 1. The summed E-state index contributed by atoms with van der Waals surface area (Å²) in [6.07, 6.45) is 3.78. The van der Waals surface area contributed by atoms with E-state index in [0.717, 1.165) is 48.9 Å². The van der Waals surface area contributed by atoms with Crippen LogP contribution in [0.5, 0.6) is 0 Å². The van der Waals surface area contributed by atoms with Crippen molar-refractivity contribution in [2.75, 3.05) is 19.6 Å². The molecule has 0 saturated carbocycles. The van der Waals surface area contributed by atoms with E-state index < -0.39 is 0 Å². The fourth-order valence-electron chi connectivity index (χ4n) is 2.62. The van der Waals surface area contributed by atoms with Crippen molar-refractivity contribution in [3.63, 3.8) is 0 Å². The standard InChI is InChI=1S/C14H18N4O/c15-8-10-3-5-18(6-4-10)14(19)11-1-2-12-9-16-17-13(12)7-11/h1-2,7,9-10H,3-6,8,15H2,(H,16,17). The van der Waals surface area contributed by atoms with Crippen LogP contribution in [0.2, 0.25) is 0 Å². The number of hydrogen-bond donors (Lipinski definition) is 2. The lowest BCUT2D eigenvalue weighted by atomic mass is 9.96. The summed E-state index contributed by atoms with van der Waals surface area (Å²) in [7, 11) is 0. The van der Waals surface area contributed by atoms with Gasteiger partial charge >= 0.3 is 0 Å². The molecular formula is C14H18N4O. The highest BCUT2D eigenvalue weighted by Crippen LogP contribution is 2.19. The predicted molar refractivity (Wildman–Crippen MR) is 73.8 cm³/mol. The average Bonchev–Trinajstić information content (AvgIpc) is 2.94. The molecule has 1 fully saturated rings. The third-order valence-electron chi connectivity index (χ3n) is 3.92. The second-order valence-electron chi connectivity index (χ2n) is 5.14. The molecular weight excluding hydrogens is 240 g/mol. The van der Waals surface area contributed by atoms with E-state index in [1.165, 1.54) is 0 Å². The highest BCUT2D eigenvalue weighted by Gasteiger charge is 2.22. The Balaban J connectivity index is 1.76. The highest BCUT2D eigenvalue weighted by atomic mass is 16.2. The summed E-state index contributed by atoms with van der Waals surface area (Å²) in [5, 5.41) is 7.89. The van der Waals surface area contributed by atoms with E-state index in [-0.39, 0.29) is 5.91 Å². The summed E-state index contributed by atoms with van der Waals surface area (Å²) >= 11 is 0. The van der Waals surface area contributed by atoms with Crippen LogP contribution in [0.25, 0.3) is 10.9 Å². The monoisotopic (exact) mass is 258 g/mol. The van der Waals surface area contributed by atoms with Gasteiger partial charge in [0.05, 0.1) is 11.7 Å². The molecule has 0 unspecified atom stereocenters. The Kier molecular flexibility index (Phi) is 3.21. The third-order valence-corrected chi connectivity index (χ3v) is 3.92. The summed E-state index contributed by atoms with van der Waals surface area (Å²) in [6.45, 7) is 2.34. The number of rotatable bonds is 2. The minimum Gasteiger partial charge on any atom is -0.339 e. The molecule has 5 heteroatoms. The van der Waals surface area contributed by atoms with E-state index in [0.29, 0.717) is 5.92 Å². The lowest BCUT2D eigenvalue weighted by Gasteiger charge is -2.31. The second kappa shape index (κ2) is 5.01. The lowest BCUT2D eigenvalue weighted by molar-refractivity contribution is 0.0693. The van der Waals surface area contributed by atoms with Crippen molar-refractivity contribution in [2.24, 2.45) is 11.7 Å². The first-order valence-electron chi connectivity index (χ1n) is 6.70. The van der Waals surface area contributed by atoms with Crippen molar-refractivity contribution in [3.05, 3.63) is 30.0 Å². The van der Waals surface area contributed by atoms with Gasteiger partial charge < -0.3 is 10.6 Å². The molecule has 3 N–H and O–H groups in total. The Morgan fingerprint density at radius 1 is 1.42 bits per heavy atom. The summed E-state index contributed by atoms with van der Waals surface area (Å²) < 4.78 is 0. The summed E-state index contributed by atoms with van der Waals surface area (Å²) in [4.78, 5) is 14.3. The topological polar surface area (TPSA) is 75.0 Å². The number of hydrogen-bond acceptors (Lipinski definition) is 3. The first-order valence-corrected chi connectivity index (χ1v) is 6.70. The molecule has 100 valence electrons. The van der Waals surface area contributed by atoms with Crippen LogP contribution >= 0.6 is 0 Å². The maximum Gasteiger partial charge on any atom is 0.253 e. The van der Waals surface area contributed by atoms with Gasteiger partial charge in [0.15, 0.2) is 0 Å². The van der Waals surface area contributed by atoms with Crippen molar-refractivity contribution < 1.29 is 4.79 Å². The highest BCUT2D eigenvalue weighted by molar-refractivity contribution is 5.97. The quantitative estimate of drug-likeness (QED) is 0.854. The Labute approximate surface area is 111 Å². The van der Waals surface area contributed by atoms with Gasteiger partial charge in [0.2, 0.25) is 0 Å². The maximum atomic E-state index is 12.4. The fraction of sp³-hybridized carbons (Fsp3) is 0.429. The van der Waals surface area contributed by atoms with Crippen LogP contribution in [0.15, 0.2) is 24.4 Å². The third kappa shape index (κ3) is 2.33. The molecule has 0 aliphatic carbocycles. The number of benzene rings is 1. The van der Waals surface area contributed by atoms with Gasteiger partial charge in [0.1, 0.15) is 0 Å². The summed E-state index contributed by atoms with van der Waals surface area (Å²) in [5.41, 5.74) is 7.30. The fourth-order valence-corrected chi connectivity index (χ4v) is 2.62. The molecule has 0 spiro atoms. The van der Waals surface area contributed by atoms with E-state index in [1.54, 1.807) is 6.20 Å². The molecule has 1 amide bonds. The average molecular weight is 258 g/mol. The molecule has 19 heavy (non-hydrogen) atoms. The molecule has 2 heterocycles. The first-order chi connectivity index (χ1) is 9.28. The van der Waals surface area contributed by atoms with Gasteiger partial charge in [-0.3, -0.25) is 9.89 Å². The predicted octanol–water partition coefficient (Wildman–Crippen LogP) is 1.37. The molecule has 0 atom stereocenters. The van der Waals surface area contributed by atoms with Gasteiger partial charge in [-0.1, -0.05) is 6.07 Å². The van der Waals surface area contributed by atoms with Gasteiger partial charge in [-0.25, -0.2) is 0 Å². The van der Waals surface area contributed by atoms with E-state index in [4.69, 9.17) is 5.73 Å². The molecule has 0 bridgehead atoms. The number of carbonyl (C=O) groups is 1. The van der Waals surface area contributed by atoms with Gasteiger partial charge in [-0.15, -0.1) is 0 Å². The molecule has 5 nitrogen and oxygen atoms in total. The van der Waals surface area contributed by atoms with Gasteiger partial charge in [0, 0.05) is 24.0 Å². The van der Waals surface area contributed by atoms with Crippen LogP contribution in [-0.4, -0.2) is 40.6 Å². The second-order valence-corrected chi connectivity index (χ2v) is 5.14. The van der Waals surface area contributed by atoms with Crippen LogP contribution in [0.3, 0.4) is 0 Å². The molecule has 2 aromatic rings. The molecule has 3 rings (SSSR count). The SMILES string of the molecule is NCC1CCN(C(=O)c2ccc3cn[nH]c3c2)CC1. The van der Waals surface area contributed by atoms with Crippen LogP contribution < -0.4 is 5.73 Å². The molecule has 1 aromatic carbocycles. The minimum atomic E-state index is 0.104. The number of amides is 1. The minimum absolute atomic E-state index is 0.104. The zero-order chi connectivity index (χ0) is 13.2. The Hall–Kier alpha value is -1.88. The van der Waals surface area contributed by atoms with Crippen molar-refractivity contribution in [3.8, 4) is 0 Å². The van der Waals surface area contributed by atoms with Crippen molar-refractivity contribution >= 4 is 16.8 Å². The van der Waals surface area contributed by atoms with Gasteiger partial charge in [0.25, 0.3) is 5.91 Å². The van der Waals surface area contributed by atoms with Crippen molar-refractivity contribution in [2.45, 2.75) is 12.8 Å². The Bertz CT molecular complexity index is 584. The number of aromatic nitrogens is 2. The van der Waals surface area contributed by atoms with Crippen LogP contribution in [-0.2, 0) is 0 Å². The largest absolute Gasteiger partial charge is 0.339 e. The molecule has 1 saturated heterocycles. The summed E-state index contributed by atoms with van der Waals surface area (Å²) in [6, 6.07) is 5.67. The van der Waals surface area contributed by atoms with Crippen molar-refractivity contribution in [1.82, 2.24) is 15.1 Å². The summed E-state index contributed by atoms with van der Waals surface area (Å²) in [5.74, 6) is 0.672. The van der Waals surface area contributed by atoms with Crippen LogP contribution in [0.1, 0.15) is 23.2 Å². The lowest BCUT2D eigenvalue weighted by Crippen LogP contribution is -2.40. The van der Waals surface area contributed by atoms with Crippen molar-refractivity contribution in [1.29, 1.82) is 0 Å². The Morgan fingerprint density at radius 2 is 2.21 bits per heavy atom. The molecule has 1 aromatic heterocycles. The zero-order valence-electron chi connectivity index (χ0n) is 10.8. The van der Waals surface area contributed by atoms with E-state index in [2.05, 4.69) is 10.2 Å². The van der Waals surface area contributed by atoms with Gasteiger partial charge in [-0.05, 0) is 37.4 Å². The number of likely N-dealkylation sites (tertiary alicyclic amines) is 1. The number of carbonyl (C=O) groups excluding carboxylic acids is 1. The number of nitrogens with one attached hydrogen (secondary N) is 1. The molecule has 0 radical (unpaired) electrons. The number of nitrogens with zero attached hydrogens (tertiary/aromatic N) is 2. The first kappa shape index (κ1) is 12.2. The maximum absolute atomic E-state index is 12.4. The molecule has 1 aliphatic heterocycles. The number of nitrogens with two attached hydrogens (primary N) is 1. The smallest absolute Gasteiger partial charge is 0.253 e. The Morgan fingerprint density at radius 3 is 2.95 bits per heavy atom. The van der Waals surface area contributed by atoms with E-state index in [9.17, 15) is 4.79 Å². The number of piperidine rings is 1. The van der Waals surface area contributed by atoms with Crippen LogP contribution in [0.4, 0.5) is 0 Å². The molecule has 1 aliphatic rings. The zero-order valence-corrected chi connectivity index (χ0v) is 10.8. The number of aromatic amines is 1. The number of H-pyrrole nitrogens is 1.